The fourth-order valence-electron chi connectivity index (χ4n) is 3.42. The number of aromatic nitrogens is 1. The van der Waals surface area contributed by atoms with Crippen molar-refractivity contribution in [3.63, 3.8) is 0 Å². The molecule has 0 saturated heterocycles. The van der Waals surface area contributed by atoms with Gasteiger partial charge in [-0.15, -0.1) is 0 Å². The van der Waals surface area contributed by atoms with Gasteiger partial charge in [-0.05, 0) is 25.0 Å². The van der Waals surface area contributed by atoms with E-state index in [1.807, 2.05) is 30.3 Å². The van der Waals surface area contributed by atoms with E-state index in [1.165, 1.54) is 0 Å². The number of aliphatic carboxylic acids is 1. The lowest BCUT2D eigenvalue weighted by molar-refractivity contribution is -0.137. The molecule has 0 bridgehead atoms. The first kappa shape index (κ1) is 22.7. The number of benzene rings is 1. The third kappa shape index (κ3) is 8.50. The molecule has 6 nitrogen and oxygen atoms in total. The number of para-hydroxylation sites is 1. The Bertz CT molecular complexity index is 797. The lowest BCUT2D eigenvalue weighted by Crippen LogP contribution is -2.25. The number of carbonyl (C=O) groups is 3. The highest BCUT2D eigenvalue weighted by Crippen LogP contribution is 2.15. The normalized spacial score (nSPS) is 10.9. The van der Waals surface area contributed by atoms with Crippen LogP contribution in [0.3, 0.4) is 0 Å². The monoisotopic (exact) mass is 400 g/mol. The van der Waals surface area contributed by atoms with Gasteiger partial charge >= 0.3 is 5.97 Å². The molecule has 29 heavy (non-hydrogen) atoms. The van der Waals surface area contributed by atoms with Crippen LogP contribution in [0.25, 0.3) is 10.9 Å². The third-order valence-electron chi connectivity index (χ3n) is 5.07. The van der Waals surface area contributed by atoms with E-state index in [1.54, 1.807) is 10.8 Å². The Kier molecular flexibility index (Phi) is 9.96. The number of rotatable bonds is 14. The standard InChI is InChI=1S/C23H32N2O4/c26-21(24-17-10-6-4-2-1-3-5-7-13-23(28)29)14-15-22(27)25-18-16-19-11-8-9-12-20(19)25/h8-9,11-12,16,18H,1-7,10,13-15,17H2,(H,24,26)(H,28,29). The van der Waals surface area contributed by atoms with E-state index in [4.69, 9.17) is 5.11 Å². The summed E-state index contributed by atoms with van der Waals surface area (Å²) in [6, 6.07) is 9.61. The molecular formula is C23H32N2O4. The topological polar surface area (TPSA) is 88.4 Å². The summed E-state index contributed by atoms with van der Waals surface area (Å²) in [7, 11) is 0. The number of hydrogen-bond donors (Lipinski definition) is 2. The van der Waals surface area contributed by atoms with Crippen molar-refractivity contribution in [2.24, 2.45) is 0 Å². The van der Waals surface area contributed by atoms with Crippen molar-refractivity contribution in [2.45, 2.75) is 70.6 Å². The van der Waals surface area contributed by atoms with Gasteiger partial charge in [0.2, 0.25) is 11.8 Å². The van der Waals surface area contributed by atoms with Gasteiger partial charge in [0.05, 0.1) is 5.52 Å². The number of amides is 1. The molecule has 1 aromatic heterocycles. The predicted octanol–water partition coefficient (Wildman–Crippen LogP) is 4.77. The van der Waals surface area contributed by atoms with Gasteiger partial charge in [-0.1, -0.05) is 56.7 Å². The quantitative estimate of drug-likeness (QED) is 0.447. The Hall–Kier alpha value is -2.63. The molecule has 1 heterocycles. The average molecular weight is 401 g/mol. The minimum Gasteiger partial charge on any atom is -0.481 e. The molecule has 0 atom stereocenters. The first-order valence-corrected chi connectivity index (χ1v) is 10.7. The Morgan fingerprint density at radius 2 is 1.45 bits per heavy atom. The molecule has 6 heteroatoms. The number of fused-ring (bicyclic) bond motifs is 1. The number of nitrogens with one attached hydrogen (secondary N) is 1. The summed E-state index contributed by atoms with van der Waals surface area (Å²) in [5.41, 5.74) is 0.875. The van der Waals surface area contributed by atoms with E-state index >= 15 is 0 Å². The number of unbranched alkanes of at least 4 members (excludes halogenated alkanes) is 7. The molecule has 0 fully saturated rings. The van der Waals surface area contributed by atoms with Gasteiger partial charge in [0.25, 0.3) is 0 Å². The lowest BCUT2D eigenvalue weighted by atomic mass is 10.1. The van der Waals surface area contributed by atoms with Gasteiger partial charge in [0, 0.05) is 37.4 Å². The van der Waals surface area contributed by atoms with Crippen molar-refractivity contribution in [3.05, 3.63) is 36.5 Å². The van der Waals surface area contributed by atoms with Crippen LogP contribution in [0.15, 0.2) is 36.5 Å². The molecule has 2 aromatic rings. The number of carboxylic acid groups (broad SMARTS) is 1. The summed E-state index contributed by atoms with van der Waals surface area (Å²) in [5, 5.41) is 12.5. The number of carbonyl (C=O) groups excluding carboxylic acids is 2. The van der Waals surface area contributed by atoms with E-state index in [0.29, 0.717) is 6.54 Å². The van der Waals surface area contributed by atoms with Gasteiger partial charge in [-0.3, -0.25) is 19.0 Å². The fourth-order valence-corrected chi connectivity index (χ4v) is 3.42. The van der Waals surface area contributed by atoms with E-state index in [0.717, 1.165) is 62.3 Å². The summed E-state index contributed by atoms with van der Waals surface area (Å²) >= 11 is 0. The molecule has 0 aliphatic rings. The van der Waals surface area contributed by atoms with Crippen molar-refractivity contribution in [1.29, 1.82) is 0 Å². The van der Waals surface area contributed by atoms with Crippen LogP contribution >= 0.6 is 0 Å². The number of carboxylic acids is 1. The van der Waals surface area contributed by atoms with E-state index in [2.05, 4.69) is 5.32 Å². The van der Waals surface area contributed by atoms with Gasteiger partial charge in [0.15, 0.2) is 0 Å². The number of hydrogen-bond acceptors (Lipinski definition) is 3. The first-order chi connectivity index (χ1) is 14.1. The van der Waals surface area contributed by atoms with Crippen LogP contribution in [-0.2, 0) is 9.59 Å². The SMILES string of the molecule is O=C(O)CCCCCCCCCCNC(=O)CCC(=O)n1ccc2ccccc21. The van der Waals surface area contributed by atoms with Crippen LogP contribution in [-0.4, -0.2) is 34.0 Å². The van der Waals surface area contributed by atoms with Crippen molar-refractivity contribution in [3.8, 4) is 0 Å². The molecule has 0 aliphatic heterocycles. The Morgan fingerprint density at radius 3 is 2.17 bits per heavy atom. The van der Waals surface area contributed by atoms with Crippen LogP contribution in [0.2, 0.25) is 0 Å². The van der Waals surface area contributed by atoms with Gasteiger partial charge < -0.3 is 10.4 Å². The van der Waals surface area contributed by atoms with Gasteiger partial charge in [0.1, 0.15) is 0 Å². The second-order valence-corrected chi connectivity index (χ2v) is 7.46. The van der Waals surface area contributed by atoms with Gasteiger partial charge in [-0.2, -0.15) is 0 Å². The second kappa shape index (κ2) is 12.8. The van der Waals surface area contributed by atoms with Crippen LogP contribution < -0.4 is 5.32 Å². The summed E-state index contributed by atoms with van der Waals surface area (Å²) in [6.45, 7) is 0.651. The average Bonchev–Trinajstić information content (AvgIpc) is 3.14. The third-order valence-corrected chi connectivity index (χ3v) is 5.07. The molecule has 1 amide bonds. The van der Waals surface area contributed by atoms with Crippen LogP contribution in [0.5, 0.6) is 0 Å². The van der Waals surface area contributed by atoms with Crippen LogP contribution in [0.4, 0.5) is 0 Å². The minimum absolute atomic E-state index is 0.0651. The zero-order chi connectivity index (χ0) is 20.9. The highest BCUT2D eigenvalue weighted by molar-refractivity contribution is 5.93. The molecule has 0 saturated carbocycles. The maximum absolute atomic E-state index is 12.4. The molecule has 0 aliphatic carbocycles. The zero-order valence-corrected chi connectivity index (χ0v) is 17.1. The van der Waals surface area contributed by atoms with Crippen molar-refractivity contribution in [1.82, 2.24) is 9.88 Å². The molecule has 2 N–H and O–H groups in total. The molecule has 0 spiro atoms. The maximum Gasteiger partial charge on any atom is 0.303 e. The van der Waals surface area contributed by atoms with Crippen molar-refractivity contribution >= 4 is 28.7 Å². The fraction of sp³-hybridized carbons (Fsp3) is 0.522. The summed E-state index contributed by atoms with van der Waals surface area (Å²) in [4.78, 5) is 34.7. The summed E-state index contributed by atoms with van der Waals surface area (Å²) < 4.78 is 1.62. The van der Waals surface area contributed by atoms with E-state index in [-0.39, 0.29) is 31.1 Å². The van der Waals surface area contributed by atoms with Crippen LogP contribution in [0.1, 0.15) is 75.4 Å². The lowest BCUT2D eigenvalue weighted by Gasteiger charge is -2.06. The molecule has 1 aromatic carbocycles. The summed E-state index contributed by atoms with van der Waals surface area (Å²) in [5.74, 6) is -0.854. The van der Waals surface area contributed by atoms with Crippen molar-refractivity contribution < 1.29 is 19.5 Å². The van der Waals surface area contributed by atoms with E-state index in [9.17, 15) is 14.4 Å². The second-order valence-electron chi connectivity index (χ2n) is 7.46. The molecule has 158 valence electrons. The maximum atomic E-state index is 12.4. The van der Waals surface area contributed by atoms with E-state index < -0.39 is 5.97 Å². The first-order valence-electron chi connectivity index (χ1n) is 10.7. The molecule has 2 rings (SSSR count). The Labute approximate surface area is 172 Å². The Morgan fingerprint density at radius 1 is 0.793 bits per heavy atom. The largest absolute Gasteiger partial charge is 0.481 e. The van der Waals surface area contributed by atoms with Gasteiger partial charge in [-0.25, -0.2) is 0 Å². The molecular weight excluding hydrogens is 368 g/mol. The summed E-state index contributed by atoms with van der Waals surface area (Å²) in [6.07, 6.45) is 10.7. The number of nitrogens with zero attached hydrogens (tertiary/aromatic N) is 1. The molecule has 0 radical (unpaired) electrons. The predicted molar refractivity (Wildman–Crippen MR) is 114 cm³/mol. The smallest absolute Gasteiger partial charge is 0.303 e. The molecule has 0 unspecified atom stereocenters. The highest BCUT2D eigenvalue weighted by atomic mass is 16.4. The van der Waals surface area contributed by atoms with Crippen LogP contribution in [0, 0.1) is 0 Å². The zero-order valence-electron chi connectivity index (χ0n) is 17.1. The highest BCUT2D eigenvalue weighted by Gasteiger charge is 2.11. The Balaban J connectivity index is 1.48. The minimum atomic E-state index is -0.713. The van der Waals surface area contributed by atoms with Crippen molar-refractivity contribution in [2.75, 3.05) is 6.54 Å².